The van der Waals surface area contributed by atoms with Crippen LogP contribution in [0.4, 0.5) is 0 Å². The van der Waals surface area contributed by atoms with E-state index in [0.29, 0.717) is 19.1 Å². The summed E-state index contributed by atoms with van der Waals surface area (Å²) < 4.78 is 0. The maximum absolute atomic E-state index is 11.8. The Labute approximate surface area is 112 Å². The molecule has 0 radical (unpaired) electrons. The molecule has 0 saturated heterocycles. The Morgan fingerprint density at radius 3 is 1.89 bits per heavy atom. The number of nitrogens with one attached hydrogen (secondary N) is 2. The van der Waals surface area contributed by atoms with Gasteiger partial charge in [-0.05, 0) is 41.0 Å². The Balaban J connectivity index is 3.89. The van der Waals surface area contributed by atoms with Gasteiger partial charge in [-0.25, -0.2) is 0 Å². The minimum absolute atomic E-state index is 0.108. The fraction of sp³-hybridized carbons (Fsp3) is 0.923. The number of hydrogen-bond donors (Lipinski definition) is 2. The molecule has 0 heterocycles. The van der Waals surface area contributed by atoms with Crippen molar-refractivity contribution in [3.05, 3.63) is 0 Å². The van der Waals surface area contributed by atoms with Crippen molar-refractivity contribution in [2.24, 2.45) is 0 Å². The van der Waals surface area contributed by atoms with Gasteiger partial charge in [-0.2, -0.15) is 0 Å². The van der Waals surface area contributed by atoms with Crippen molar-refractivity contribution in [1.82, 2.24) is 20.4 Å². The van der Waals surface area contributed by atoms with Gasteiger partial charge < -0.3 is 10.6 Å². The maximum Gasteiger partial charge on any atom is 0.222 e. The standard InChI is InChI=1S/C13H30N4O/c1-7-11(16(3)4)14-10-9-13(18)15-12(8-2)17(5)6/h11-12,14H,7-10H2,1-6H3,(H,15,18). The summed E-state index contributed by atoms with van der Waals surface area (Å²) in [6.07, 6.45) is 2.95. The van der Waals surface area contributed by atoms with Crippen LogP contribution in [0.2, 0.25) is 0 Å². The van der Waals surface area contributed by atoms with Gasteiger partial charge in [0.2, 0.25) is 5.91 Å². The van der Waals surface area contributed by atoms with Crippen molar-refractivity contribution in [3.63, 3.8) is 0 Å². The molecule has 0 bridgehead atoms. The molecule has 0 aromatic heterocycles. The van der Waals surface area contributed by atoms with Crippen LogP contribution in [0.1, 0.15) is 33.1 Å². The molecule has 0 spiro atoms. The molecule has 0 fully saturated rings. The van der Waals surface area contributed by atoms with Crippen molar-refractivity contribution in [3.8, 4) is 0 Å². The van der Waals surface area contributed by atoms with Crippen LogP contribution in [0.3, 0.4) is 0 Å². The van der Waals surface area contributed by atoms with Crippen LogP contribution in [0.5, 0.6) is 0 Å². The van der Waals surface area contributed by atoms with E-state index in [-0.39, 0.29) is 12.1 Å². The van der Waals surface area contributed by atoms with Crippen LogP contribution >= 0.6 is 0 Å². The SMILES string of the molecule is CCC(NCCC(=O)NC(CC)N(C)C)N(C)C. The Morgan fingerprint density at radius 2 is 1.50 bits per heavy atom. The van der Waals surface area contributed by atoms with Gasteiger partial charge in [0.25, 0.3) is 0 Å². The highest BCUT2D eigenvalue weighted by Crippen LogP contribution is 1.96. The lowest BCUT2D eigenvalue weighted by Gasteiger charge is -2.25. The highest BCUT2D eigenvalue weighted by Gasteiger charge is 2.13. The zero-order valence-corrected chi connectivity index (χ0v) is 12.8. The van der Waals surface area contributed by atoms with E-state index in [1.807, 2.05) is 33.1 Å². The average molecular weight is 258 g/mol. The lowest BCUT2D eigenvalue weighted by atomic mass is 10.3. The maximum atomic E-state index is 11.8. The largest absolute Gasteiger partial charge is 0.341 e. The molecule has 0 rings (SSSR count). The number of carbonyl (C=O) groups is 1. The van der Waals surface area contributed by atoms with Gasteiger partial charge in [0.05, 0.1) is 12.3 Å². The summed E-state index contributed by atoms with van der Waals surface area (Å²) >= 11 is 0. The van der Waals surface area contributed by atoms with Crippen LogP contribution in [0, 0.1) is 0 Å². The molecular formula is C13H30N4O. The molecule has 2 N–H and O–H groups in total. The predicted molar refractivity (Wildman–Crippen MR) is 76.3 cm³/mol. The number of nitrogens with zero attached hydrogens (tertiary/aromatic N) is 2. The van der Waals surface area contributed by atoms with Crippen LogP contribution in [-0.4, -0.2) is 62.8 Å². The van der Waals surface area contributed by atoms with Gasteiger partial charge in [-0.15, -0.1) is 0 Å². The van der Waals surface area contributed by atoms with Gasteiger partial charge in [0, 0.05) is 13.0 Å². The van der Waals surface area contributed by atoms with Gasteiger partial charge in [0.15, 0.2) is 0 Å². The second-order valence-electron chi connectivity index (χ2n) is 5.05. The molecule has 0 aromatic carbocycles. The first-order valence-electron chi connectivity index (χ1n) is 6.77. The summed E-state index contributed by atoms with van der Waals surface area (Å²) in [4.78, 5) is 15.9. The molecule has 108 valence electrons. The molecule has 2 atom stereocenters. The van der Waals surface area contributed by atoms with Gasteiger partial charge in [0.1, 0.15) is 0 Å². The fourth-order valence-corrected chi connectivity index (χ4v) is 1.90. The Kier molecular flexibility index (Phi) is 8.97. The smallest absolute Gasteiger partial charge is 0.222 e. The van der Waals surface area contributed by atoms with Crippen molar-refractivity contribution in [2.75, 3.05) is 34.7 Å². The summed E-state index contributed by atoms with van der Waals surface area (Å²) in [5.41, 5.74) is 0. The third-order valence-electron chi connectivity index (χ3n) is 3.08. The van der Waals surface area contributed by atoms with E-state index >= 15 is 0 Å². The lowest BCUT2D eigenvalue weighted by Crippen LogP contribution is -2.46. The molecule has 0 saturated carbocycles. The minimum Gasteiger partial charge on any atom is -0.341 e. The molecule has 0 aromatic rings. The molecule has 0 aliphatic carbocycles. The Morgan fingerprint density at radius 1 is 1.00 bits per heavy atom. The van der Waals surface area contributed by atoms with E-state index in [0.717, 1.165) is 12.8 Å². The zero-order valence-electron chi connectivity index (χ0n) is 12.8. The minimum atomic E-state index is 0.108. The summed E-state index contributed by atoms with van der Waals surface area (Å²) in [5, 5.41) is 6.39. The molecule has 0 aliphatic rings. The molecule has 0 aliphatic heterocycles. The van der Waals surface area contributed by atoms with Gasteiger partial charge >= 0.3 is 0 Å². The number of amides is 1. The van der Waals surface area contributed by atoms with Crippen LogP contribution in [0.15, 0.2) is 0 Å². The normalized spacial score (nSPS) is 14.9. The van der Waals surface area contributed by atoms with Crippen molar-refractivity contribution in [1.29, 1.82) is 0 Å². The van der Waals surface area contributed by atoms with E-state index in [1.165, 1.54) is 0 Å². The van der Waals surface area contributed by atoms with E-state index in [4.69, 9.17) is 0 Å². The van der Waals surface area contributed by atoms with Crippen molar-refractivity contribution < 1.29 is 4.79 Å². The molecule has 2 unspecified atom stereocenters. The third-order valence-corrected chi connectivity index (χ3v) is 3.08. The first-order chi connectivity index (χ1) is 8.42. The molecule has 5 heteroatoms. The van der Waals surface area contributed by atoms with Crippen molar-refractivity contribution in [2.45, 2.75) is 45.4 Å². The van der Waals surface area contributed by atoms with Crippen molar-refractivity contribution >= 4 is 5.91 Å². The first-order valence-corrected chi connectivity index (χ1v) is 6.77. The number of hydrogen-bond acceptors (Lipinski definition) is 4. The molecular weight excluding hydrogens is 228 g/mol. The zero-order chi connectivity index (χ0) is 14.1. The van der Waals surface area contributed by atoms with E-state index < -0.39 is 0 Å². The molecule has 5 nitrogen and oxygen atoms in total. The van der Waals surface area contributed by atoms with Gasteiger partial charge in [-0.3, -0.25) is 14.6 Å². The quantitative estimate of drug-likeness (QED) is 0.597. The first kappa shape index (κ1) is 17.4. The fourth-order valence-electron chi connectivity index (χ4n) is 1.90. The van der Waals surface area contributed by atoms with Gasteiger partial charge in [-0.1, -0.05) is 13.8 Å². The summed E-state index contributed by atoms with van der Waals surface area (Å²) in [7, 11) is 8.04. The number of carbonyl (C=O) groups excluding carboxylic acids is 1. The monoisotopic (exact) mass is 258 g/mol. The van der Waals surface area contributed by atoms with Crippen LogP contribution < -0.4 is 10.6 Å². The second-order valence-corrected chi connectivity index (χ2v) is 5.05. The third kappa shape index (κ3) is 6.93. The highest BCUT2D eigenvalue weighted by atomic mass is 16.1. The Hall–Kier alpha value is -0.650. The highest BCUT2D eigenvalue weighted by molar-refractivity contribution is 5.76. The molecule has 18 heavy (non-hydrogen) atoms. The lowest BCUT2D eigenvalue weighted by molar-refractivity contribution is -0.122. The summed E-state index contributed by atoms with van der Waals surface area (Å²) in [6, 6.07) is 0. The number of rotatable bonds is 9. The van der Waals surface area contributed by atoms with Crippen LogP contribution in [0.25, 0.3) is 0 Å². The van der Waals surface area contributed by atoms with E-state index in [2.05, 4.69) is 29.4 Å². The molecule has 1 amide bonds. The second kappa shape index (κ2) is 9.30. The topological polar surface area (TPSA) is 47.6 Å². The van der Waals surface area contributed by atoms with E-state index in [1.54, 1.807) is 0 Å². The average Bonchev–Trinajstić information content (AvgIpc) is 2.30. The summed E-state index contributed by atoms with van der Waals surface area (Å²) in [5.74, 6) is 0.108. The van der Waals surface area contributed by atoms with Crippen LogP contribution in [-0.2, 0) is 4.79 Å². The predicted octanol–water partition coefficient (Wildman–Crippen LogP) is 0.678. The Bertz CT molecular complexity index is 231. The van der Waals surface area contributed by atoms with E-state index in [9.17, 15) is 4.79 Å². The summed E-state index contributed by atoms with van der Waals surface area (Å²) in [6.45, 7) is 4.92.